The van der Waals surface area contributed by atoms with Crippen molar-refractivity contribution in [3.8, 4) is 0 Å². The van der Waals surface area contributed by atoms with E-state index in [1.165, 1.54) is 17.8 Å². The number of sulfone groups is 1. The highest BCUT2D eigenvalue weighted by molar-refractivity contribution is 9.11. The number of nitrogens with two attached hydrogens (primary N) is 1. The van der Waals surface area contributed by atoms with Crippen molar-refractivity contribution in [2.24, 2.45) is 0 Å². The van der Waals surface area contributed by atoms with E-state index in [-0.39, 0.29) is 16.6 Å². The fraction of sp³-hybridized carbons (Fsp3) is 0.0455. The van der Waals surface area contributed by atoms with Crippen LogP contribution in [-0.2, 0) is 20.4 Å². The van der Waals surface area contributed by atoms with Crippen molar-refractivity contribution >= 4 is 76.8 Å². The molecule has 1 aliphatic rings. The van der Waals surface area contributed by atoms with Crippen molar-refractivity contribution in [1.82, 2.24) is 0 Å². The van der Waals surface area contributed by atoms with Gasteiger partial charge < -0.3 is 11.1 Å². The van der Waals surface area contributed by atoms with Crippen LogP contribution in [0.5, 0.6) is 0 Å². The summed E-state index contributed by atoms with van der Waals surface area (Å²) in [6.45, 7) is 0. The molecule has 0 bridgehead atoms. The third-order valence-electron chi connectivity index (χ3n) is 4.63. The first-order valence-electron chi connectivity index (χ1n) is 9.09. The van der Waals surface area contributed by atoms with Gasteiger partial charge in [0.15, 0.2) is 9.84 Å². The summed E-state index contributed by atoms with van der Waals surface area (Å²) < 4.78 is 27.6. The number of fused-ring (bicyclic) bond motifs is 1. The van der Waals surface area contributed by atoms with Gasteiger partial charge in [0.05, 0.1) is 21.2 Å². The van der Waals surface area contributed by atoms with Crippen molar-refractivity contribution in [2.45, 2.75) is 15.5 Å². The van der Waals surface area contributed by atoms with Gasteiger partial charge in [-0.05, 0) is 59.7 Å². The van der Waals surface area contributed by atoms with Crippen LogP contribution in [0.1, 0.15) is 11.1 Å². The first-order chi connectivity index (χ1) is 14.7. The summed E-state index contributed by atoms with van der Waals surface area (Å²) in [5.74, 6) is -0.388. The van der Waals surface area contributed by atoms with E-state index < -0.39 is 9.84 Å². The number of nitrogens with one attached hydrogen (secondary N) is 1. The maximum absolute atomic E-state index is 13.1. The number of carbonyl (C=O) groups is 1. The van der Waals surface area contributed by atoms with Crippen LogP contribution in [0.2, 0.25) is 0 Å². The lowest BCUT2D eigenvalue weighted by atomic mass is 10.2. The molecule has 0 unspecified atom stereocenters. The number of amides is 1. The normalized spacial score (nSPS) is 14.9. The lowest BCUT2D eigenvalue weighted by molar-refractivity contribution is -0.112. The predicted molar refractivity (Wildman–Crippen MR) is 132 cm³/mol. The van der Waals surface area contributed by atoms with Gasteiger partial charge in [-0.15, -0.1) is 0 Å². The zero-order valence-electron chi connectivity index (χ0n) is 15.9. The van der Waals surface area contributed by atoms with Gasteiger partial charge in [0.2, 0.25) is 0 Å². The van der Waals surface area contributed by atoms with Gasteiger partial charge in [0.25, 0.3) is 5.91 Å². The third kappa shape index (κ3) is 4.90. The quantitative estimate of drug-likeness (QED) is 0.299. The molecule has 1 heterocycles. The molecule has 1 aliphatic heterocycles. The summed E-state index contributed by atoms with van der Waals surface area (Å²) in [5.41, 5.74) is 8.43. The Bertz CT molecular complexity index is 1300. The molecular formula is C22H16Br2N2O3S2. The maximum Gasteiger partial charge on any atom is 0.262 e. The molecule has 0 spiro atoms. The Labute approximate surface area is 201 Å². The Morgan fingerprint density at radius 1 is 1.00 bits per heavy atom. The average Bonchev–Trinajstić information content (AvgIpc) is 2.73. The van der Waals surface area contributed by atoms with Crippen LogP contribution >= 0.6 is 43.6 Å². The van der Waals surface area contributed by atoms with E-state index in [9.17, 15) is 13.2 Å². The molecule has 4 rings (SSSR count). The molecule has 0 atom stereocenters. The smallest absolute Gasteiger partial charge is 0.262 e. The Kier molecular flexibility index (Phi) is 6.30. The Morgan fingerprint density at radius 3 is 2.35 bits per heavy atom. The molecule has 158 valence electrons. The molecule has 3 aromatic carbocycles. The monoisotopic (exact) mass is 578 g/mol. The van der Waals surface area contributed by atoms with Crippen molar-refractivity contribution < 1.29 is 13.2 Å². The number of hydrogen-bond donors (Lipinski definition) is 2. The second kappa shape index (κ2) is 8.82. The van der Waals surface area contributed by atoms with Gasteiger partial charge >= 0.3 is 0 Å². The zero-order valence-corrected chi connectivity index (χ0v) is 20.7. The fourth-order valence-corrected chi connectivity index (χ4v) is 7.16. The fourth-order valence-electron chi connectivity index (χ4n) is 3.01. The number of benzene rings is 3. The van der Waals surface area contributed by atoms with Crippen LogP contribution in [0.25, 0.3) is 6.08 Å². The molecule has 3 aromatic rings. The SMILES string of the molecule is Nc1ccc(/C=C2\Sc3cc(S(=O)(=O)Cc4c(Br)cccc4Br)ccc3NC2=O)cc1. The highest BCUT2D eigenvalue weighted by Crippen LogP contribution is 2.40. The minimum absolute atomic E-state index is 0.154. The molecule has 0 radical (unpaired) electrons. The summed E-state index contributed by atoms with van der Waals surface area (Å²) in [4.78, 5) is 13.8. The number of rotatable bonds is 4. The van der Waals surface area contributed by atoms with Gasteiger partial charge in [0, 0.05) is 19.5 Å². The molecule has 1 amide bonds. The Balaban J connectivity index is 1.65. The second-order valence-electron chi connectivity index (χ2n) is 6.85. The van der Waals surface area contributed by atoms with E-state index in [0.29, 0.717) is 26.7 Å². The van der Waals surface area contributed by atoms with E-state index in [1.54, 1.807) is 30.3 Å². The number of nitrogen functional groups attached to an aromatic ring is 1. The van der Waals surface area contributed by atoms with Gasteiger partial charge in [-0.1, -0.05) is 61.8 Å². The Hall–Kier alpha value is -2.07. The van der Waals surface area contributed by atoms with E-state index in [0.717, 1.165) is 14.5 Å². The largest absolute Gasteiger partial charge is 0.399 e. The van der Waals surface area contributed by atoms with Crippen molar-refractivity contribution in [3.05, 3.63) is 85.6 Å². The zero-order chi connectivity index (χ0) is 22.2. The highest BCUT2D eigenvalue weighted by Gasteiger charge is 2.25. The number of hydrogen-bond acceptors (Lipinski definition) is 5. The minimum Gasteiger partial charge on any atom is -0.399 e. The maximum atomic E-state index is 13.1. The Morgan fingerprint density at radius 2 is 1.68 bits per heavy atom. The van der Waals surface area contributed by atoms with Crippen molar-refractivity contribution in [2.75, 3.05) is 11.1 Å². The number of carbonyl (C=O) groups excluding carboxylic acids is 1. The molecule has 3 N–H and O–H groups in total. The van der Waals surface area contributed by atoms with E-state index in [4.69, 9.17) is 5.73 Å². The first kappa shape index (κ1) is 22.1. The van der Waals surface area contributed by atoms with Crippen LogP contribution in [0, 0.1) is 0 Å². The summed E-state index contributed by atoms with van der Waals surface area (Å²) in [7, 11) is -3.61. The van der Waals surface area contributed by atoms with Gasteiger partial charge in [-0.3, -0.25) is 4.79 Å². The van der Waals surface area contributed by atoms with E-state index in [2.05, 4.69) is 37.2 Å². The van der Waals surface area contributed by atoms with Gasteiger partial charge in [-0.2, -0.15) is 0 Å². The summed E-state index contributed by atoms with van der Waals surface area (Å²) in [6, 6.07) is 17.4. The molecule has 5 nitrogen and oxygen atoms in total. The predicted octanol–water partition coefficient (Wildman–Crippen LogP) is 5.85. The molecule has 0 saturated heterocycles. The average molecular weight is 580 g/mol. The number of anilines is 2. The van der Waals surface area contributed by atoms with Crippen molar-refractivity contribution in [3.63, 3.8) is 0 Å². The topological polar surface area (TPSA) is 89.3 Å². The van der Waals surface area contributed by atoms with E-state index in [1.807, 2.05) is 30.3 Å². The van der Waals surface area contributed by atoms with Crippen LogP contribution in [-0.4, -0.2) is 14.3 Å². The third-order valence-corrected chi connectivity index (χ3v) is 8.84. The molecular weight excluding hydrogens is 564 g/mol. The standard InChI is InChI=1S/C22H16Br2N2O3S2/c23-17-2-1-3-18(24)16(17)12-31(28,29)15-8-9-19-20(11-15)30-21(22(27)26-19)10-13-4-6-14(25)7-5-13/h1-11H,12,25H2,(H,26,27)/b21-10-. The molecule has 0 aliphatic carbocycles. The van der Waals surface area contributed by atoms with Gasteiger partial charge in [-0.25, -0.2) is 8.42 Å². The molecule has 9 heteroatoms. The minimum atomic E-state index is -3.61. The van der Waals surface area contributed by atoms with Crippen LogP contribution in [0.4, 0.5) is 11.4 Å². The van der Waals surface area contributed by atoms with Crippen LogP contribution in [0.3, 0.4) is 0 Å². The lowest BCUT2D eigenvalue weighted by Gasteiger charge is -2.19. The molecule has 0 aromatic heterocycles. The lowest BCUT2D eigenvalue weighted by Crippen LogP contribution is -2.17. The number of thioether (sulfide) groups is 1. The van der Waals surface area contributed by atoms with Crippen LogP contribution < -0.4 is 11.1 Å². The van der Waals surface area contributed by atoms with E-state index >= 15 is 0 Å². The molecule has 31 heavy (non-hydrogen) atoms. The summed E-state index contributed by atoms with van der Waals surface area (Å²) in [5, 5.41) is 2.83. The van der Waals surface area contributed by atoms with Crippen LogP contribution in [0.15, 0.2) is 84.3 Å². The molecule has 0 saturated carbocycles. The highest BCUT2D eigenvalue weighted by atomic mass is 79.9. The second-order valence-corrected chi connectivity index (χ2v) is 11.6. The first-order valence-corrected chi connectivity index (χ1v) is 13.1. The molecule has 0 fully saturated rings. The summed E-state index contributed by atoms with van der Waals surface area (Å²) in [6.07, 6.45) is 1.75. The van der Waals surface area contributed by atoms with Crippen molar-refractivity contribution in [1.29, 1.82) is 0 Å². The van der Waals surface area contributed by atoms with Gasteiger partial charge in [0.1, 0.15) is 0 Å². The number of halogens is 2. The summed E-state index contributed by atoms with van der Waals surface area (Å²) >= 11 is 8.08.